The molecule has 0 radical (unpaired) electrons. The maximum absolute atomic E-state index is 13.4. The Morgan fingerprint density at radius 1 is 0.568 bits per heavy atom. The van der Waals surface area contributed by atoms with Crippen molar-refractivity contribution in [1.82, 2.24) is 0 Å². The van der Waals surface area contributed by atoms with Gasteiger partial charge in [0.25, 0.3) is 10.0 Å². The van der Waals surface area contributed by atoms with Crippen LogP contribution in [0.4, 0.5) is 5.69 Å². The number of phenols is 1. The first-order valence-electron chi connectivity index (χ1n) is 10.3. The van der Waals surface area contributed by atoms with Gasteiger partial charge in [-0.05, 0) is 72.8 Å². The number of sulfone groups is 2. The number of halogens is 2. The molecule has 37 heavy (non-hydrogen) atoms. The van der Waals surface area contributed by atoms with Crippen molar-refractivity contribution in [2.45, 2.75) is 24.5 Å². The Balaban J connectivity index is 1.96. The van der Waals surface area contributed by atoms with Gasteiger partial charge in [-0.1, -0.05) is 41.4 Å². The monoisotopic (exact) mass is 597 g/mol. The van der Waals surface area contributed by atoms with E-state index in [2.05, 4.69) is 4.72 Å². The SMILES string of the molecule is O=S(=O)(Nc1cc(S(=O)(=O)c2ccc(Cl)cc2)c(O)c(S(=O)(=O)c2ccc(Cl)cc2)c1)c1ccccc1. The van der Waals surface area contributed by atoms with Gasteiger partial charge >= 0.3 is 0 Å². The Morgan fingerprint density at radius 2 is 0.973 bits per heavy atom. The summed E-state index contributed by atoms with van der Waals surface area (Å²) < 4.78 is 81.7. The van der Waals surface area contributed by atoms with Gasteiger partial charge in [-0.15, -0.1) is 0 Å². The van der Waals surface area contributed by atoms with Gasteiger partial charge in [0.15, 0.2) is 5.75 Å². The highest BCUT2D eigenvalue weighted by Gasteiger charge is 2.31. The topological polar surface area (TPSA) is 135 Å². The Morgan fingerprint density at radius 3 is 1.38 bits per heavy atom. The Bertz CT molecular complexity index is 1690. The average molecular weight is 599 g/mol. The fourth-order valence-corrected chi connectivity index (χ4v) is 7.51. The number of benzene rings is 4. The van der Waals surface area contributed by atoms with Crippen molar-refractivity contribution >= 4 is 58.6 Å². The number of hydrogen-bond donors (Lipinski definition) is 2. The molecule has 13 heteroatoms. The molecule has 8 nitrogen and oxygen atoms in total. The van der Waals surface area contributed by atoms with Crippen LogP contribution >= 0.6 is 23.2 Å². The van der Waals surface area contributed by atoms with E-state index in [9.17, 15) is 30.4 Å². The molecule has 4 aromatic carbocycles. The number of hydrogen-bond acceptors (Lipinski definition) is 7. The van der Waals surface area contributed by atoms with Crippen molar-refractivity contribution in [3.63, 3.8) is 0 Å². The lowest BCUT2D eigenvalue weighted by molar-refractivity contribution is 0.442. The van der Waals surface area contributed by atoms with Crippen LogP contribution in [0.3, 0.4) is 0 Å². The first-order valence-corrected chi connectivity index (χ1v) is 15.5. The van der Waals surface area contributed by atoms with Crippen molar-refractivity contribution in [3.8, 4) is 5.75 Å². The summed E-state index contributed by atoms with van der Waals surface area (Å²) in [6.45, 7) is 0. The Kier molecular flexibility index (Phi) is 7.28. The molecule has 0 atom stereocenters. The zero-order valence-electron chi connectivity index (χ0n) is 18.5. The van der Waals surface area contributed by atoms with E-state index in [0.717, 1.165) is 12.1 Å². The molecule has 0 fully saturated rings. The van der Waals surface area contributed by atoms with Crippen LogP contribution in [0.5, 0.6) is 5.75 Å². The number of rotatable bonds is 7. The minimum absolute atomic E-state index is 0.146. The van der Waals surface area contributed by atoms with Crippen LogP contribution in [0.15, 0.2) is 115 Å². The fourth-order valence-electron chi connectivity index (χ4n) is 3.35. The van der Waals surface area contributed by atoms with Crippen LogP contribution in [0.1, 0.15) is 0 Å². The summed E-state index contributed by atoms with van der Waals surface area (Å²) in [6, 6.07) is 18.8. The second-order valence-corrected chi connectivity index (χ2v) is 14.0. The fraction of sp³-hybridized carbons (Fsp3) is 0. The minimum atomic E-state index is -4.53. The molecule has 0 aliphatic rings. The average Bonchev–Trinajstić information content (AvgIpc) is 2.85. The molecule has 0 aliphatic carbocycles. The van der Waals surface area contributed by atoms with Crippen molar-refractivity contribution in [2.75, 3.05) is 4.72 Å². The zero-order valence-corrected chi connectivity index (χ0v) is 22.5. The van der Waals surface area contributed by atoms with Crippen molar-refractivity contribution < 1.29 is 30.4 Å². The maximum Gasteiger partial charge on any atom is 0.261 e. The second kappa shape index (κ2) is 9.99. The lowest BCUT2D eigenvalue weighted by Crippen LogP contribution is -2.15. The van der Waals surface area contributed by atoms with E-state index in [1.807, 2.05) is 0 Å². The number of sulfonamides is 1. The second-order valence-electron chi connectivity index (χ2n) is 7.65. The summed E-state index contributed by atoms with van der Waals surface area (Å²) in [6.07, 6.45) is 0. The molecule has 0 unspecified atom stereocenters. The predicted octanol–water partition coefficient (Wildman–Crippen LogP) is 5.17. The standard InChI is InChI=1S/C24H17Cl2NO7S3/c25-16-6-10-19(11-7-16)35(29,30)22-14-18(27-37(33,34)21-4-2-1-3-5-21)15-23(24(22)28)36(31,32)20-12-8-17(26)9-13-20/h1-15,27-28H. The summed E-state index contributed by atoms with van der Waals surface area (Å²) in [4.78, 5) is -2.39. The molecule has 0 amide bonds. The van der Waals surface area contributed by atoms with E-state index in [-0.39, 0.29) is 24.7 Å². The van der Waals surface area contributed by atoms with E-state index >= 15 is 0 Å². The zero-order chi connectivity index (χ0) is 27.0. The Hall–Kier alpha value is -3.09. The van der Waals surface area contributed by atoms with Gasteiger partial charge in [-0.25, -0.2) is 25.3 Å². The highest BCUT2D eigenvalue weighted by Crippen LogP contribution is 2.40. The van der Waals surface area contributed by atoms with E-state index in [1.54, 1.807) is 6.07 Å². The normalized spacial score (nSPS) is 12.3. The summed E-state index contributed by atoms with van der Waals surface area (Å²) in [5.41, 5.74) is -0.401. The number of nitrogens with one attached hydrogen (secondary N) is 1. The van der Waals surface area contributed by atoms with E-state index in [1.165, 1.54) is 72.8 Å². The van der Waals surface area contributed by atoms with Crippen molar-refractivity contribution in [2.24, 2.45) is 0 Å². The highest BCUT2D eigenvalue weighted by atomic mass is 35.5. The third kappa shape index (κ3) is 5.46. The molecule has 4 rings (SSSR count). The number of aromatic hydroxyl groups is 1. The lowest BCUT2D eigenvalue weighted by atomic mass is 10.3. The first-order chi connectivity index (χ1) is 17.3. The summed E-state index contributed by atoms with van der Waals surface area (Å²) in [7, 11) is -13.3. The van der Waals surface area contributed by atoms with Crippen molar-refractivity contribution in [3.05, 3.63) is 101 Å². The van der Waals surface area contributed by atoms with E-state index in [0.29, 0.717) is 0 Å². The van der Waals surface area contributed by atoms with Crippen LogP contribution in [-0.2, 0) is 29.7 Å². The van der Waals surface area contributed by atoms with E-state index in [4.69, 9.17) is 23.2 Å². The third-order valence-electron chi connectivity index (χ3n) is 5.17. The minimum Gasteiger partial charge on any atom is -0.505 e. The molecule has 0 saturated heterocycles. The molecule has 2 N–H and O–H groups in total. The molecule has 4 aromatic rings. The van der Waals surface area contributed by atoms with Crippen LogP contribution in [0.25, 0.3) is 0 Å². The highest BCUT2D eigenvalue weighted by molar-refractivity contribution is 7.93. The molecule has 0 bridgehead atoms. The summed E-state index contributed by atoms with van der Waals surface area (Å²) in [5, 5.41) is 11.4. The molecular weight excluding hydrogens is 581 g/mol. The van der Waals surface area contributed by atoms with Gasteiger partial charge in [-0.3, -0.25) is 4.72 Å². The third-order valence-corrected chi connectivity index (χ3v) is 10.6. The van der Waals surface area contributed by atoms with Crippen molar-refractivity contribution in [1.29, 1.82) is 0 Å². The van der Waals surface area contributed by atoms with Gasteiger partial charge in [-0.2, -0.15) is 0 Å². The summed E-state index contributed by atoms with van der Waals surface area (Å²) in [5.74, 6) is -1.08. The molecule has 0 spiro atoms. The van der Waals surface area contributed by atoms with E-state index < -0.39 is 50.9 Å². The maximum atomic E-state index is 13.4. The molecule has 0 aromatic heterocycles. The molecular formula is C24H17Cl2NO7S3. The van der Waals surface area contributed by atoms with Crippen LogP contribution < -0.4 is 4.72 Å². The predicted molar refractivity (Wildman–Crippen MR) is 139 cm³/mol. The van der Waals surface area contributed by atoms with Crippen LogP contribution in [0.2, 0.25) is 10.0 Å². The van der Waals surface area contributed by atoms with Gasteiger partial charge in [0.1, 0.15) is 9.79 Å². The first kappa shape index (κ1) is 27.0. The van der Waals surface area contributed by atoms with Gasteiger partial charge in [0, 0.05) is 10.0 Å². The quantitative estimate of drug-likeness (QED) is 0.281. The molecule has 0 aliphatic heterocycles. The van der Waals surface area contributed by atoms with Crippen LogP contribution in [0, 0.1) is 0 Å². The van der Waals surface area contributed by atoms with Gasteiger partial charge < -0.3 is 5.11 Å². The Labute approximate surface area is 224 Å². The van der Waals surface area contributed by atoms with Gasteiger partial charge in [0.05, 0.1) is 20.4 Å². The number of anilines is 1. The smallest absolute Gasteiger partial charge is 0.261 e. The summed E-state index contributed by atoms with van der Waals surface area (Å²) >= 11 is 11.7. The lowest BCUT2D eigenvalue weighted by Gasteiger charge is -2.16. The van der Waals surface area contributed by atoms with Crippen LogP contribution in [-0.4, -0.2) is 30.4 Å². The molecule has 0 saturated carbocycles. The largest absolute Gasteiger partial charge is 0.505 e. The molecule has 0 heterocycles. The molecule has 192 valence electrons. The van der Waals surface area contributed by atoms with Gasteiger partial charge in [0.2, 0.25) is 19.7 Å². The number of phenolic OH excluding ortho intramolecular Hbond substituents is 1.